The van der Waals surface area contributed by atoms with E-state index in [9.17, 15) is 9.59 Å². The maximum Gasteiger partial charge on any atom is 0.341 e. The van der Waals surface area contributed by atoms with E-state index >= 15 is 0 Å². The molecule has 6 nitrogen and oxygen atoms in total. The Bertz CT molecular complexity index is 1150. The van der Waals surface area contributed by atoms with Crippen molar-refractivity contribution >= 4 is 33.9 Å². The fourth-order valence-electron chi connectivity index (χ4n) is 4.28. The minimum atomic E-state index is -0.417. The van der Waals surface area contributed by atoms with E-state index in [4.69, 9.17) is 4.74 Å². The number of benzene rings is 2. The quantitative estimate of drug-likeness (QED) is 0.487. The highest BCUT2D eigenvalue weighted by atomic mass is 32.1. The summed E-state index contributed by atoms with van der Waals surface area (Å²) in [4.78, 5) is 30.2. The van der Waals surface area contributed by atoms with Crippen molar-refractivity contribution in [1.82, 2.24) is 4.90 Å². The Morgan fingerprint density at radius 1 is 1.00 bits per heavy atom. The zero-order chi connectivity index (χ0) is 24.1. The van der Waals surface area contributed by atoms with Crippen molar-refractivity contribution in [2.45, 2.75) is 20.8 Å². The van der Waals surface area contributed by atoms with Gasteiger partial charge in [-0.2, -0.15) is 0 Å². The summed E-state index contributed by atoms with van der Waals surface area (Å²) in [7, 11) is 0. The first kappa shape index (κ1) is 24.0. The molecule has 1 fully saturated rings. The van der Waals surface area contributed by atoms with E-state index in [-0.39, 0.29) is 12.5 Å². The molecule has 0 atom stereocenters. The molecule has 2 aromatic carbocycles. The van der Waals surface area contributed by atoms with Gasteiger partial charge in [0.05, 0.1) is 13.2 Å². The molecule has 0 saturated carbocycles. The maximum absolute atomic E-state index is 12.9. The van der Waals surface area contributed by atoms with Crippen molar-refractivity contribution in [1.29, 1.82) is 0 Å². The number of carbonyl (C=O) groups is 2. The van der Waals surface area contributed by atoms with E-state index in [1.807, 2.05) is 35.7 Å². The fraction of sp³-hybridized carbons (Fsp3) is 0.333. The molecule has 1 N–H and O–H groups in total. The van der Waals surface area contributed by atoms with Crippen molar-refractivity contribution < 1.29 is 14.3 Å². The van der Waals surface area contributed by atoms with Crippen LogP contribution < -0.4 is 10.2 Å². The number of amides is 1. The van der Waals surface area contributed by atoms with Gasteiger partial charge >= 0.3 is 5.97 Å². The number of piperazine rings is 1. The van der Waals surface area contributed by atoms with Crippen molar-refractivity contribution in [2.75, 3.05) is 49.5 Å². The number of nitrogens with zero attached hydrogens (tertiary/aromatic N) is 2. The number of anilines is 2. The lowest BCUT2D eigenvalue weighted by Gasteiger charge is -2.36. The molecule has 0 aliphatic carbocycles. The summed E-state index contributed by atoms with van der Waals surface area (Å²) in [6.45, 7) is 10.0. The molecule has 3 aromatic rings. The molecular formula is C27H31N3O3S. The third-order valence-electron chi connectivity index (χ3n) is 6.26. The monoisotopic (exact) mass is 477 g/mol. The minimum absolute atomic E-state index is 0.118. The van der Waals surface area contributed by atoms with Gasteiger partial charge in [0.1, 0.15) is 10.6 Å². The van der Waals surface area contributed by atoms with E-state index < -0.39 is 5.97 Å². The van der Waals surface area contributed by atoms with Crippen LogP contribution in [-0.4, -0.2) is 56.1 Å². The van der Waals surface area contributed by atoms with Crippen LogP contribution in [0.25, 0.3) is 11.1 Å². The lowest BCUT2D eigenvalue weighted by Crippen LogP contribution is -2.48. The summed E-state index contributed by atoms with van der Waals surface area (Å²) in [5.41, 5.74) is 6.00. The first-order valence-electron chi connectivity index (χ1n) is 11.6. The van der Waals surface area contributed by atoms with Gasteiger partial charge in [-0.25, -0.2) is 4.79 Å². The Morgan fingerprint density at radius 2 is 1.74 bits per heavy atom. The summed E-state index contributed by atoms with van der Waals surface area (Å²) in [5, 5.41) is 5.41. The van der Waals surface area contributed by atoms with Gasteiger partial charge in [0, 0.05) is 42.8 Å². The Labute approximate surface area is 205 Å². The number of nitrogens with one attached hydrogen (secondary N) is 1. The first-order valence-corrected chi connectivity index (χ1v) is 12.5. The third kappa shape index (κ3) is 5.32. The smallest absolute Gasteiger partial charge is 0.341 e. The van der Waals surface area contributed by atoms with Crippen LogP contribution in [-0.2, 0) is 9.53 Å². The largest absolute Gasteiger partial charge is 0.462 e. The molecule has 0 radical (unpaired) electrons. The van der Waals surface area contributed by atoms with E-state index in [0.717, 1.165) is 37.3 Å². The number of esters is 1. The first-order chi connectivity index (χ1) is 16.5. The van der Waals surface area contributed by atoms with Crippen LogP contribution >= 0.6 is 11.3 Å². The highest BCUT2D eigenvalue weighted by molar-refractivity contribution is 7.15. The molecule has 7 heteroatoms. The lowest BCUT2D eigenvalue weighted by atomic mass is 10.0. The average Bonchev–Trinajstić information content (AvgIpc) is 3.25. The van der Waals surface area contributed by atoms with Crippen LogP contribution in [0.2, 0.25) is 0 Å². The molecule has 1 aliphatic heterocycles. The molecule has 4 rings (SSSR count). The molecule has 2 heterocycles. The van der Waals surface area contributed by atoms with Crippen LogP contribution in [0.4, 0.5) is 10.7 Å². The van der Waals surface area contributed by atoms with Gasteiger partial charge in [-0.15, -0.1) is 11.3 Å². The van der Waals surface area contributed by atoms with Gasteiger partial charge in [0.25, 0.3) is 0 Å². The standard InChI is InChI=1S/C27H31N3O3S/c1-4-33-27(32)25-22(21-10-6-5-7-11-21)18-34-26(25)28-24(31)17-29-13-15-30(16-14-29)23-12-8-9-19(2)20(23)3/h5-12,18H,4,13-17H2,1-3H3,(H,28,31). The molecule has 34 heavy (non-hydrogen) atoms. The van der Waals surface area contributed by atoms with Crippen molar-refractivity contribution in [3.05, 3.63) is 70.6 Å². The number of thiophene rings is 1. The predicted octanol–water partition coefficient (Wildman–Crippen LogP) is 4.97. The predicted molar refractivity (Wildman–Crippen MR) is 139 cm³/mol. The number of rotatable bonds is 7. The molecule has 1 saturated heterocycles. The number of ether oxygens (including phenoxy) is 1. The highest BCUT2D eigenvalue weighted by Gasteiger charge is 2.25. The highest BCUT2D eigenvalue weighted by Crippen LogP contribution is 2.36. The van der Waals surface area contributed by atoms with Crippen molar-refractivity contribution in [2.24, 2.45) is 0 Å². The molecule has 0 unspecified atom stereocenters. The Hall–Kier alpha value is -3.16. The van der Waals surface area contributed by atoms with E-state index in [2.05, 4.69) is 47.2 Å². The molecule has 0 bridgehead atoms. The van der Waals surface area contributed by atoms with Gasteiger partial charge < -0.3 is 15.0 Å². The van der Waals surface area contributed by atoms with Gasteiger partial charge in [0.2, 0.25) is 5.91 Å². The number of hydrogen-bond donors (Lipinski definition) is 1. The molecule has 1 aromatic heterocycles. The third-order valence-corrected chi connectivity index (χ3v) is 7.16. The van der Waals surface area contributed by atoms with Crippen LogP contribution in [0.1, 0.15) is 28.4 Å². The maximum atomic E-state index is 12.9. The zero-order valence-corrected chi connectivity index (χ0v) is 20.8. The lowest BCUT2D eigenvalue weighted by molar-refractivity contribution is -0.117. The number of hydrogen-bond acceptors (Lipinski definition) is 6. The summed E-state index contributed by atoms with van der Waals surface area (Å²) in [5.74, 6) is -0.535. The molecule has 1 aliphatic rings. The van der Waals surface area contributed by atoms with Crippen LogP contribution in [0.3, 0.4) is 0 Å². The van der Waals surface area contributed by atoms with E-state index in [0.29, 0.717) is 17.1 Å². The van der Waals surface area contributed by atoms with Crippen LogP contribution in [0, 0.1) is 13.8 Å². The Kier molecular flexibility index (Phi) is 7.65. The van der Waals surface area contributed by atoms with E-state index in [1.165, 1.54) is 28.2 Å². The number of aryl methyl sites for hydroxylation is 1. The SMILES string of the molecule is CCOC(=O)c1c(-c2ccccc2)csc1NC(=O)CN1CCN(c2cccc(C)c2C)CC1. The normalized spacial score (nSPS) is 14.1. The topological polar surface area (TPSA) is 61.9 Å². The fourth-order valence-corrected chi connectivity index (χ4v) is 5.25. The van der Waals surface area contributed by atoms with E-state index in [1.54, 1.807) is 6.92 Å². The summed E-state index contributed by atoms with van der Waals surface area (Å²) >= 11 is 1.36. The molecule has 178 valence electrons. The second-order valence-corrected chi connectivity index (χ2v) is 9.35. The number of carbonyl (C=O) groups excluding carboxylic acids is 2. The van der Waals surface area contributed by atoms with Crippen molar-refractivity contribution in [3.8, 4) is 11.1 Å². The van der Waals surface area contributed by atoms with Crippen molar-refractivity contribution in [3.63, 3.8) is 0 Å². The van der Waals surface area contributed by atoms with Gasteiger partial charge in [-0.1, -0.05) is 42.5 Å². The second kappa shape index (κ2) is 10.8. The average molecular weight is 478 g/mol. The Morgan fingerprint density at radius 3 is 2.44 bits per heavy atom. The van der Waals surface area contributed by atoms with Crippen LogP contribution in [0.5, 0.6) is 0 Å². The minimum Gasteiger partial charge on any atom is -0.462 e. The summed E-state index contributed by atoms with van der Waals surface area (Å²) < 4.78 is 5.29. The van der Waals surface area contributed by atoms with Gasteiger partial charge in [-0.3, -0.25) is 9.69 Å². The van der Waals surface area contributed by atoms with Gasteiger partial charge in [-0.05, 0) is 43.5 Å². The Balaban J connectivity index is 1.41. The molecular weight excluding hydrogens is 446 g/mol. The second-order valence-electron chi connectivity index (χ2n) is 8.47. The van der Waals surface area contributed by atoms with Gasteiger partial charge in [0.15, 0.2) is 0 Å². The molecule has 0 spiro atoms. The zero-order valence-electron chi connectivity index (χ0n) is 20.0. The molecule has 1 amide bonds. The summed E-state index contributed by atoms with van der Waals surface area (Å²) in [6.07, 6.45) is 0. The summed E-state index contributed by atoms with van der Waals surface area (Å²) in [6, 6.07) is 16.1. The van der Waals surface area contributed by atoms with Crippen LogP contribution in [0.15, 0.2) is 53.9 Å².